The fraction of sp³-hybridized carbons (Fsp3) is 0.500. The normalized spacial score (nSPS) is 13.5. The molecular formula is C8H11NO3. The zero-order valence-corrected chi connectivity index (χ0v) is 6.83. The Kier molecular flexibility index (Phi) is 2.28. The van der Waals surface area contributed by atoms with E-state index in [2.05, 4.69) is 0 Å². The summed E-state index contributed by atoms with van der Waals surface area (Å²) in [5.74, 6) is -0.444. The van der Waals surface area contributed by atoms with E-state index in [1.165, 1.54) is 0 Å². The predicted octanol–water partition coefficient (Wildman–Crippen LogP) is -0.212. The summed E-state index contributed by atoms with van der Waals surface area (Å²) >= 11 is 0. The van der Waals surface area contributed by atoms with E-state index < -0.39 is 22.6 Å². The summed E-state index contributed by atoms with van der Waals surface area (Å²) in [6.07, 6.45) is 1.43. The van der Waals surface area contributed by atoms with Crippen LogP contribution >= 0.6 is 0 Å². The van der Waals surface area contributed by atoms with Gasteiger partial charge in [0.2, 0.25) is 5.43 Å². The molecule has 0 bridgehead atoms. The van der Waals surface area contributed by atoms with Crippen molar-refractivity contribution in [2.24, 2.45) is 5.73 Å². The first-order chi connectivity index (χ1) is 5.59. The van der Waals surface area contributed by atoms with Crippen LogP contribution in [0.3, 0.4) is 0 Å². The second-order valence-corrected chi connectivity index (χ2v) is 2.82. The van der Waals surface area contributed by atoms with Crippen molar-refractivity contribution in [1.29, 1.82) is 0 Å². The van der Waals surface area contributed by atoms with Crippen LogP contribution < -0.4 is 16.6 Å². The summed E-state index contributed by atoms with van der Waals surface area (Å²) < 4.78 is 0. The summed E-state index contributed by atoms with van der Waals surface area (Å²) in [6.45, 7) is 1.92. The van der Waals surface area contributed by atoms with Crippen molar-refractivity contribution in [2.45, 2.75) is 25.8 Å². The number of hydrogen-bond donors (Lipinski definition) is 2. The fourth-order valence-electron chi connectivity index (χ4n) is 1.20. The Morgan fingerprint density at radius 3 is 2.42 bits per heavy atom. The Morgan fingerprint density at radius 1 is 1.42 bits per heavy atom. The molecule has 0 heterocycles. The second-order valence-electron chi connectivity index (χ2n) is 2.82. The van der Waals surface area contributed by atoms with E-state index in [-0.39, 0.29) is 5.56 Å². The monoisotopic (exact) mass is 169 g/mol. The van der Waals surface area contributed by atoms with E-state index >= 15 is 0 Å². The standard InChI is InChI=1S/C8H11NO3/c1-2-3-4(9)5-6(10)8(12)7(5)11/h4,10H,2-3,9H2,1H3. The van der Waals surface area contributed by atoms with Crippen LogP contribution in [0.2, 0.25) is 0 Å². The lowest BCUT2D eigenvalue weighted by molar-refractivity contribution is 0.441. The quantitative estimate of drug-likeness (QED) is 0.613. The molecule has 0 saturated carbocycles. The highest BCUT2D eigenvalue weighted by Gasteiger charge is 2.24. The third-order valence-corrected chi connectivity index (χ3v) is 1.89. The lowest BCUT2D eigenvalue weighted by Gasteiger charge is -2.12. The Balaban J connectivity index is 2.91. The average molecular weight is 169 g/mol. The predicted molar refractivity (Wildman–Crippen MR) is 44.9 cm³/mol. The van der Waals surface area contributed by atoms with Gasteiger partial charge in [-0.3, -0.25) is 9.59 Å². The van der Waals surface area contributed by atoms with Gasteiger partial charge >= 0.3 is 0 Å². The van der Waals surface area contributed by atoms with Crippen LogP contribution in [0.15, 0.2) is 9.59 Å². The maximum atomic E-state index is 10.8. The highest BCUT2D eigenvalue weighted by molar-refractivity contribution is 5.40. The molecule has 0 radical (unpaired) electrons. The second kappa shape index (κ2) is 3.06. The molecule has 0 aliphatic carbocycles. The van der Waals surface area contributed by atoms with Gasteiger partial charge in [0, 0.05) is 6.04 Å². The minimum absolute atomic E-state index is 0.0989. The minimum Gasteiger partial charge on any atom is -0.504 e. The molecule has 0 aliphatic rings. The maximum absolute atomic E-state index is 10.8. The molecule has 1 aromatic rings. The molecule has 1 atom stereocenters. The summed E-state index contributed by atoms with van der Waals surface area (Å²) in [5, 5.41) is 8.97. The molecule has 0 amide bonds. The van der Waals surface area contributed by atoms with Crippen LogP contribution in [0.5, 0.6) is 5.75 Å². The molecule has 1 rings (SSSR count). The highest BCUT2D eigenvalue weighted by atomic mass is 16.3. The SMILES string of the molecule is CCCC(N)c1c(O)c(=O)c1=O. The van der Waals surface area contributed by atoms with Crippen molar-refractivity contribution in [1.82, 2.24) is 0 Å². The first kappa shape index (κ1) is 8.93. The van der Waals surface area contributed by atoms with Gasteiger partial charge in [-0.15, -0.1) is 0 Å². The topological polar surface area (TPSA) is 80.4 Å². The van der Waals surface area contributed by atoms with Crippen molar-refractivity contribution < 1.29 is 5.11 Å². The van der Waals surface area contributed by atoms with E-state index in [0.717, 1.165) is 6.42 Å². The van der Waals surface area contributed by atoms with Crippen LogP contribution in [-0.2, 0) is 0 Å². The summed E-state index contributed by atoms with van der Waals surface area (Å²) in [4.78, 5) is 21.4. The molecule has 1 aromatic carbocycles. The molecule has 0 spiro atoms. The first-order valence-corrected chi connectivity index (χ1v) is 3.87. The molecule has 4 heteroatoms. The van der Waals surface area contributed by atoms with Crippen molar-refractivity contribution in [3.05, 3.63) is 26.0 Å². The van der Waals surface area contributed by atoms with Crippen LogP contribution in [0.4, 0.5) is 0 Å². The maximum Gasteiger partial charge on any atom is 0.268 e. The van der Waals surface area contributed by atoms with Gasteiger partial charge in [-0.1, -0.05) is 13.3 Å². The lowest BCUT2D eigenvalue weighted by Crippen LogP contribution is -2.38. The third-order valence-electron chi connectivity index (χ3n) is 1.89. The summed E-state index contributed by atoms with van der Waals surface area (Å²) in [6, 6.07) is -0.486. The molecule has 0 aliphatic heterocycles. The van der Waals surface area contributed by atoms with Crippen molar-refractivity contribution >= 4 is 0 Å². The lowest BCUT2D eigenvalue weighted by atomic mass is 9.98. The van der Waals surface area contributed by atoms with E-state index in [1.54, 1.807) is 0 Å². The van der Waals surface area contributed by atoms with Crippen LogP contribution in [-0.4, -0.2) is 5.11 Å². The van der Waals surface area contributed by atoms with Crippen molar-refractivity contribution in [3.8, 4) is 5.75 Å². The van der Waals surface area contributed by atoms with Gasteiger partial charge in [-0.05, 0) is 6.42 Å². The molecule has 3 N–H and O–H groups in total. The van der Waals surface area contributed by atoms with Gasteiger partial charge < -0.3 is 10.8 Å². The Morgan fingerprint density at radius 2 is 2.00 bits per heavy atom. The van der Waals surface area contributed by atoms with Gasteiger partial charge in [-0.25, -0.2) is 0 Å². The van der Waals surface area contributed by atoms with Crippen molar-refractivity contribution in [3.63, 3.8) is 0 Å². The molecule has 0 aromatic heterocycles. The Hall–Kier alpha value is -1.16. The van der Waals surface area contributed by atoms with E-state index in [0.29, 0.717) is 6.42 Å². The summed E-state index contributed by atoms with van der Waals surface area (Å²) in [7, 11) is 0. The molecule has 12 heavy (non-hydrogen) atoms. The highest BCUT2D eigenvalue weighted by Crippen LogP contribution is 2.19. The number of nitrogens with two attached hydrogens (primary N) is 1. The largest absolute Gasteiger partial charge is 0.504 e. The molecular weight excluding hydrogens is 158 g/mol. The fourth-order valence-corrected chi connectivity index (χ4v) is 1.20. The Bertz CT molecular complexity index is 349. The molecule has 66 valence electrons. The third kappa shape index (κ3) is 1.14. The van der Waals surface area contributed by atoms with Gasteiger partial charge in [0.1, 0.15) is 0 Å². The summed E-state index contributed by atoms with van der Waals surface area (Å²) in [5.41, 5.74) is 4.20. The molecule has 0 fully saturated rings. The Labute approximate surface area is 69.3 Å². The first-order valence-electron chi connectivity index (χ1n) is 3.87. The average Bonchev–Trinajstić information content (AvgIpc) is 2.05. The minimum atomic E-state index is -0.809. The zero-order chi connectivity index (χ0) is 9.30. The molecule has 4 nitrogen and oxygen atoms in total. The number of rotatable bonds is 3. The van der Waals surface area contributed by atoms with Crippen molar-refractivity contribution in [2.75, 3.05) is 0 Å². The van der Waals surface area contributed by atoms with Crippen LogP contribution in [0, 0.1) is 0 Å². The number of aromatic hydroxyl groups is 1. The smallest absolute Gasteiger partial charge is 0.268 e. The van der Waals surface area contributed by atoms with Gasteiger partial charge in [0.25, 0.3) is 5.43 Å². The van der Waals surface area contributed by atoms with Gasteiger partial charge in [0.05, 0.1) is 5.56 Å². The van der Waals surface area contributed by atoms with Crippen LogP contribution in [0.25, 0.3) is 0 Å². The van der Waals surface area contributed by atoms with E-state index in [9.17, 15) is 9.59 Å². The van der Waals surface area contributed by atoms with Gasteiger partial charge in [0.15, 0.2) is 5.75 Å². The van der Waals surface area contributed by atoms with Gasteiger partial charge in [-0.2, -0.15) is 0 Å². The number of hydrogen-bond acceptors (Lipinski definition) is 4. The molecule has 0 saturated heterocycles. The molecule has 1 unspecified atom stereocenters. The van der Waals surface area contributed by atoms with E-state index in [4.69, 9.17) is 10.8 Å². The van der Waals surface area contributed by atoms with E-state index in [1.807, 2.05) is 6.92 Å². The van der Waals surface area contributed by atoms with Crippen LogP contribution in [0.1, 0.15) is 31.4 Å². The zero-order valence-electron chi connectivity index (χ0n) is 6.83.